The zero-order chi connectivity index (χ0) is 12.1. The van der Waals surface area contributed by atoms with E-state index < -0.39 is 0 Å². The predicted molar refractivity (Wildman–Crippen MR) is 71.3 cm³/mol. The van der Waals surface area contributed by atoms with Crippen molar-refractivity contribution in [2.24, 2.45) is 0 Å². The molecule has 0 radical (unpaired) electrons. The molecule has 1 aromatic carbocycles. The van der Waals surface area contributed by atoms with Crippen molar-refractivity contribution in [2.75, 3.05) is 5.73 Å². The molecular formula is C13H13BrN2O. The van der Waals surface area contributed by atoms with Gasteiger partial charge in [-0.05, 0) is 29.8 Å². The summed E-state index contributed by atoms with van der Waals surface area (Å²) in [4.78, 5) is 4.17. The van der Waals surface area contributed by atoms with Crippen LogP contribution in [0.5, 0.6) is 0 Å². The van der Waals surface area contributed by atoms with Crippen molar-refractivity contribution in [1.82, 2.24) is 4.98 Å². The SMILES string of the molecule is Nc1ccnc(COCc2ccc(Br)cc2)c1. The molecule has 0 unspecified atom stereocenters. The number of ether oxygens (including phenoxy) is 1. The zero-order valence-corrected chi connectivity index (χ0v) is 10.9. The summed E-state index contributed by atoms with van der Waals surface area (Å²) in [6.45, 7) is 1.05. The Morgan fingerprint density at radius 2 is 1.88 bits per heavy atom. The third kappa shape index (κ3) is 3.84. The normalized spacial score (nSPS) is 10.4. The molecule has 2 rings (SSSR count). The molecule has 0 aliphatic carbocycles. The van der Waals surface area contributed by atoms with Crippen molar-refractivity contribution in [1.29, 1.82) is 0 Å². The molecule has 0 saturated carbocycles. The summed E-state index contributed by atoms with van der Waals surface area (Å²) in [6, 6.07) is 11.6. The van der Waals surface area contributed by atoms with E-state index in [9.17, 15) is 0 Å². The molecule has 0 bridgehead atoms. The van der Waals surface area contributed by atoms with Crippen LogP contribution in [0.2, 0.25) is 0 Å². The summed E-state index contributed by atoms with van der Waals surface area (Å²) < 4.78 is 6.64. The smallest absolute Gasteiger partial charge is 0.0893 e. The molecule has 0 saturated heterocycles. The molecule has 0 aliphatic rings. The van der Waals surface area contributed by atoms with E-state index in [1.54, 1.807) is 12.3 Å². The minimum Gasteiger partial charge on any atom is -0.399 e. The van der Waals surface area contributed by atoms with Crippen molar-refractivity contribution in [3.63, 3.8) is 0 Å². The summed E-state index contributed by atoms with van der Waals surface area (Å²) in [5, 5.41) is 0. The highest BCUT2D eigenvalue weighted by molar-refractivity contribution is 9.10. The monoisotopic (exact) mass is 292 g/mol. The number of nitrogens with zero attached hydrogens (tertiary/aromatic N) is 1. The highest BCUT2D eigenvalue weighted by Crippen LogP contribution is 2.12. The number of aromatic nitrogens is 1. The minimum absolute atomic E-state index is 0.473. The number of hydrogen-bond donors (Lipinski definition) is 1. The van der Waals surface area contributed by atoms with Gasteiger partial charge in [-0.15, -0.1) is 0 Å². The van der Waals surface area contributed by atoms with Crippen LogP contribution >= 0.6 is 15.9 Å². The second-order valence-electron chi connectivity index (χ2n) is 3.70. The van der Waals surface area contributed by atoms with Gasteiger partial charge in [0.15, 0.2) is 0 Å². The minimum atomic E-state index is 0.473. The molecule has 88 valence electrons. The number of nitrogen functional groups attached to an aromatic ring is 1. The Balaban J connectivity index is 1.85. The van der Waals surface area contributed by atoms with E-state index in [2.05, 4.69) is 20.9 Å². The summed E-state index contributed by atoms with van der Waals surface area (Å²) in [5.74, 6) is 0. The summed E-state index contributed by atoms with van der Waals surface area (Å²) >= 11 is 3.39. The molecule has 0 amide bonds. The zero-order valence-electron chi connectivity index (χ0n) is 9.27. The fraction of sp³-hybridized carbons (Fsp3) is 0.154. The largest absolute Gasteiger partial charge is 0.399 e. The van der Waals surface area contributed by atoms with Crippen LogP contribution in [-0.2, 0) is 18.0 Å². The number of benzene rings is 1. The Morgan fingerprint density at radius 1 is 1.12 bits per heavy atom. The molecule has 0 atom stereocenters. The predicted octanol–water partition coefficient (Wildman–Crippen LogP) is 3.14. The maximum atomic E-state index is 5.66. The third-order valence-electron chi connectivity index (χ3n) is 2.27. The van der Waals surface area contributed by atoms with E-state index >= 15 is 0 Å². The van der Waals surface area contributed by atoms with E-state index in [-0.39, 0.29) is 0 Å². The van der Waals surface area contributed by atoms with Crippen LogP contribution in [0.25, 0.3) is 0 Å². The van der Waals surface area contributed by atoms with Crippen LogP contribution < -0.4 is 5.73 Å². The van der Waals surface area contributed by atoms with Gasteiger partial charge in [0.05, 0.1) is 18.9 Å². The average Bonchev–Trinajstić information content (AvgIpc) is 2.32. The second-order valence-corrected chi connectivity index (χ2v) is 4.62. The Labute approximate surface area is 109 Å². The van der Waals surface area contributed by atoms with Crippen LogP contribution in [0.1, 0.15) is 11.3 Å². The molecule has 17 heavy (non-hydrogen) atoms. The van der Waals surface area contributed by atoms with Crippen LogP contribution in [0.4, 0.5) is 5.69 Å². The number of pyridine rings is 1. The lowest BCUT2D eigenvalue weighted by Crippen LogP contribution is -1.97. The number of halogens is 1. The second kappa shape index (κ2) is 5.80. The standard InChI is InChI=1S/C13H13BrN2O/c14-11-3-1-10(2-4-11)8-17-9-13-7-12(15)5-6-16-13/h1-7H,8-9H2,(H2,15,16). The van der Waals surface area contributed by atoms with E-state index in [0.717, 1.165) is 15.7 Å². The fourth-order valence-electron chi connectivity index (χ4n) is 1.43. The molecule has 3 nitrogen and oxygen atoms in total. The van der Waals surface area contributed by atoms with Gasteiger partial charge in [-0.1, -0.05) is 28.1 Å². The molecular weight excluding hydrogens is 280 g/mol. The van der Waals surface area contributed by atoms with E-state index in [0.29, 0.717) is 18.9 Å². The molecule has 1 aromatic heterocycles. The van der Waals surface area contributed by atoms with Crippen LogP contribution in [-0.4, -0.2) is 4.98 Å². The molecule has 0 spiro atoms. The molecule has 1 heterocycles. The number of anilines is 1. The van der Waals surface area contributed by atoms with Crippen molar-refractivity contribution in [3.8, 4) is 0 Å². The van der Waals surface area contributed by atoms with Gasteiger partial charge in [0, 0.05) is 16.4 Å². The Hall–Kier alpha value is -1.39. The first-order valence-electron chi connectivity index (χ1n) is 5.26. The lowest BCUT2D eigenvalue weighted by atomic mass is 10.2. The van der Waals surface area contributed by atoms with Gasteiger partial charge < -0.3 is 10.5 Å². The molecule has 0 fully saturated rings. The first kappa shape index (κ1) is 12.1. The summed E-state index contributed by atoms with van der Waals surface area (Å²) in [7, 11) is 0. The lowest BCUT2D eigenvalue weighted by Gasteiger charge is -2.04. The van der Waals surface area contributed by atoms with E-state index in [4.69, 9.17) is 10.5 Å². The van der Waals surface area contributed by atoms with E-state index in [1.165, 1.54) is 0 Å². The highest BCUT2D eigenvalue weighted by Gasteiger charge is 1.97. The van der Waals surface area contributed by atoms with Gasteiger partial charge in [0.25, 0.3) is 0 Å². The number of nitrogens with two attached hydrogens (primary N) is 1. The Bertz CT molecular complexity index is 485. The Morgan fingerprint density at radius 3 is 2.59 bits per heavy atom. The highest BCUT2D eigenvalue weighted by atomic mass is 79.9. The number of hydrogen-bond acceptors (Lipinski definition) is 3. The first-order valence-corrected chi connectivity index (χ1v) is 6.06. The van der Waals surface area contributed by atoms with Crippen LogP contribution in [0.15, 0.2) is 47.1 Å². The maximum absolute atomic E-state index is 5.66. The molecule has 0 aliphatic heterocycles. The Kier molecular flexibility index (Phi) is 4.12. The van der Waals surface area contributed by atoms with Crippen molar-refractivity contribution in [3.05, 3.63) is 58.3 Å². The summed E-state index contributed by atoms with van der Waals surface area (Å²) in [6.07, 6.45) is 1.69. The molecule has 4 heteroatoms. The van der Waals surface area contributed by atoms with Crippen molar-refractivity contribution in [2.45, 2.75) is 13.2 Å². The van der Waals surface area contributed by atoms with Gasteiger partial charge in [-0.2, -0.15) is 0 Å². The van der Waals surface area contributed by atoms with Gasteiger partial charge >= 0.3 is 0 Å². The average molecular weight is 293 g/mol. The topological polar surface area (TPSA) is 48.1 Å². The van der Waals surface area contributed by atoms with Crippen LogP contribution in [0, 0.1) is 0 Å². The maximum Gasteiger partial charge on any atom is 0.0893 e. The molecule has 2 aromatic rings. The first-order chi connectivity index (χ1) is 8.24. The summed E-state index contributed by atoms with van der Waals surface area (Å²) in [5.41, 5.74) is 8.35. The fourth-order valence-corrected chi connectivity index (χ4v) is 1.69. The quantitative estimate of drug-likeness (QED) is 0.942. The van der Waals surface area contributed by atoms with Crippen molar-refractivity contribution >= 4 is 21.6 Å². The van der Waals surface area contributed by atoms with Gasteiger partial charge in [0.1, 0.15) is 0 Å². The molecule has 2 N–H and O–H groups in total. The van der Waals surface area contributed by atoms with Gasteiger partial charge in [0.2, 0.25) is 0 Å². The van der Waals surface area contributed by atoms with Crippen LogP contribution in [0.3, 0.4) is 0 Å². The number of rotatable bonds is 4. The lowest BCUT2D eigenvalue weighted by molar-refractivity contribution is 0.104. The van der Waals surface area contributed by atoms with E-state index in [1.807, 2.05) is 30.3 Å². The third-order valence-corrected chi connectivity index (χ3v) is 2.80. The van der Waals surface area contributed by atoms with Crippen molar-refractivity contribution < 1.29 is 4.74 Å². The van der Waals surface area contributed by atoms with Gasteiger partial charge in [-0.3, -0.25) is 4.98 Å². The van der Waals surface area contributed by atoms with Gasteiger partial charge in [-0.25, -0.2) is 0 Å².